The second kappa shape index (κ2) is 6.28. The van der Waals surface area contributed by atoms with Crippen LogP contribution in [0.5, 0.6) is 5.75 Å². The molecule has 0 atom stereocenters. The summed E-state index contributed by atoms with van der Waals surface area (Å²) >= 11 is 0. The first-order valence-electron chi connectivity index (χ1n) is 6.64. The number of benzene rings is 2. The van der Waals surface area contributed by atoms with Crippen LogP contribution in [0.25, 0.3) is 0 Å². The monoisotopic (exact) mass is 274 g/mol. The number of halogens is 1. The van der Waals surface area contributed by atoms with Crippen molar-refractivity contribution in [3.05, 3.63) is 48.3 Å². The van der Waals surface area contributed by atoms with Crippen LogP contribution in [0.4, 0.5) is 21.5 Å². The molecule has 106 valence electrons. The van der Waals surface area contributed by atoms with Crippen molar-refractivity contribution in [3.8, 4) is 5.75 Å². The maximum Gasteiger partial charge on any atom is 0.146 e. The smallest absolute Gasteiger partial charge is 0.146 e. The van der Waals surface area contributed by atoms with Gasteiger partial charge < -0.3 is 15.4 Å². The lowest BCUT2D eigenvalue weighted by molar-refractivity contribution is 0.319. The van der Waals surface area contributed by atoms with Crippen molar-refractivity contribution in [1.29, 1.82) is 0 Å². The van der Waals surface area contributed by atoms with E-state index in [0.29, 0.717) is 23.7 Å². The van der Waals surface area contributed by atoms with Crippen molar-refractivity contribution in [1.82, 2.24) is 0 Å². The summed E-state index contributed by atoms with van der Waals surface area (Å²) in [6.07, 6.45) is 0.910. The van der Waals surface area contributed by atoms with Crippen molar-refractivity contribution in [3.63, 3.8) is 0 Å². The number of anilines is 3. The molecule has 0 aromatic heterocycles. The quantitative estimate of drug-likeness (QED) is 0.839. The average molecular weight is 274 g/mol. The Kier molecular flexibility index (Phi) is 4.45. The largest absolute Gasteiger partial charge is 0.491 e. The molecule has 0 spiro atoms. The maximum atomic E-state index is 13.8. The van der Waals surface area contributed by atoms with Gasteiger partial charge in [0, 0.05) is 7.05 Å². The number of hydrogen-bond acceptors (Lipinski definition) is 3. The first kappa shape index (κ1) is 14.2. The Balaban J connectivity index is 2.35. The van der Waals surface area contributed by atoms with Gasteiger partial charge in [-0.25, -0.2) is 4.39 Å². The molecular formula is C16H19FN2O. The van der Waals surface area contributed by atoms with Crippen LogP contribution in [-0.2, 0) is 0 Å². The molecule has 20 heavy (non-hydrogen) atoms. The topological polar surface area (TPSA) is 38.5 Å². The van der Waals surface area contributed by atoms with E-state index < -0.39 is 0 Å². The van der Waals surface area contributed by atoms with Crippen molar-refractivity contribution in [2.75, 3.05) is 24.3 Å². The Labute approximate surface area is 118 Å². The number of rotatable bonds is 5. The number of nitrogens with two attached hydrogens (primary N) is 1. The van der Waals surface area contributed by atoms with Gasteiger partial charge in [-0.15, -0.1) is 0 Å². The molecule has 2 aromatic rings. The summed E-state index contributed by atoms with van der Waals surface area (Å²) in [7, 11) is 1.79. The van der Waals surface area contributed by atoms with Crippen molar-refractivity contribution in [2.24, 2.45) is 0 Å². The van der Waals surface area contributed by atoms with Gasteiger partial charge in [0.1, 0.15) is 11.6 Å². The number of ether oxygens (including phenoxy) is 1. The van der Waals surface area contributed by atoms with Gasteiger partial charge in [-0.3, -0.25) is 0 Å². The molecule has 0 fully saturated rings. The van der Waals surface area contributed by atoms with E-state index in [0.717, 1.165) is 12.1 Å². The van der Waals surface area contributed by atoms with E-state index in [1.165, 1.54) is 6.07 Å². The van der Waals surface area contributed by atoms with Crippen LogP contribution >= 0.6 is 0 Å². The summed E-state index contributed by atoms with van der Waals surface area (Å²) in [4.78, 5) is 1.73. The molecule has 3 nitrogen and oxygen atoms in total. The van der Waals surface area contributed by atoms with Crippen LogP contribution in [0.1, 0.15) is 13.3 Å². The average Bonchev–Trinajstić information content (AvgIpc) is 2.46. The second-order valence-electron chi connectivity index (χ2n) is 4.55. The highest BCUT2D eigenvalue weighted by atomic mass is 19.1. The summed E-state index contributed by atoms with van der Waals surface area (Å²) in [5.74, 6) is 0.349. The molecule has 0 aliphatic rings. The molecule has 2 N–H and O–H groups in total. The van der Waals surface area contributed by atoms with E-state index in [2.05, 4.69) is 0 Å². The Bertz CT molecular complexity index is 586. The summed E-state index contributed by atoms with van der Waals surface area (Å²) in [6.45, 7) is 2.64. The highest BCUT2D eigenvalue weighted by molar-refractivity contribution is 5.79. The van der Waals surface area contributed by atoms with Gasteiger partial charge in [-0.1, -0.05) is 25.1 Å². The lowest BCUT2D eigenvalue weighted by Crippen LogP contribution is -2.13. The molecule has 0 radical (unpaired) electrons. The molecule has 4 heteroatoms. The normalized spacial score (nSPS) is 10.3. The Morgan fingerprint density at radius 3 is 2.50 bits per heavy atom. The van der Waals surface area contributed by atoms with Gasteiger partial charge in [0.15, 0.2) is 0 Å². The zero-order valence-electron chi connectivity index (χ0n) is 11.8. The zero-order valence-corrected chi connectivity index (χ0v) is 11.8. The lowest BCUT2D eigenvalue weighted by Gasteiger charge is -2.23. The highest BCUT2D eigenvalue weighted by Gasteiger charge is 2.14. The molecule has 0 saturated carbocycles. The number of nitrogens with zero attached hydrogens (tertiary/aromatic N) is 1. The van der Waals surface area contributed by atoms with Crippen LogP contribution in [0, 0.1) is 5.82 Å². The molecule has 0 saturated heterocycles. The summed E-state index contributed by atoms with van der Waals surface area (Å²) in [5, 5.41) is 0. The lowest BCUT2D eigenvalue weighted by atomic mass is 10.2. The summed E-state index contributed by atoms with van der Waals surface area (Å²) in [6, 6.07) is 12.1. The predicted octanol–water partition coefficient (Wildman–Crippen LogP) is 3.96. The van der Waals surface area contributed by atoms with Crippen molar-refractivity contribution >= 4 is 17.1 Å². The van der Waals surface area contributed by atoms with Crippen LogP contribution in [-0.4, -0.2) is 13.7 Å². The van der Waals surface area contributed by atoms with Gasteiger partial charge in [0.2, 0.25) is 0 Å². The van der Waals surface area contributed by atoms with Gasteiger partial charge in [0.25, 0.3) is 0 Å². The van der Waals surface area contributed by atoms with Gasteiger partial charge in [-0.05, 0) is 30.7 Å². The van der Waals surface area contributed by atoms with E-state index in [1.54, 1.807) is 30.1 Å². The minimum atomic E-state index is -0.283. The minimum absolute atomic E-state index is 0.283. The number of nitrogen functional groups attached to an aromatic ring is 1. The molecule has 0 aliphatic carbocycles. The fourth-order valence-corrected chi connectivity index (χ4v) is 2.02. The van der Waals surface area contributed by atoms with E-state index in [-0.39, 0.29) is 5.82 Å². The van der Waals surface area contributed by atoms with E-state index in [4.69, 9.17) is 10.5 Å². The van der Waals surface area contributed by atoms with Crippen LogP contribution in [0.2, 0.25) is 0 Å². The van der Waals surface area contributed by atoms with Gasteiger partial charge in [-0.2, -0.15) is 0 Å². The SMILES string of the molecule is CCCOc1cccc(N(C)c2ccccc2F)c1N. The molecule has 2 rings (SSSR count). The molecule has 0 amide bonds. The molecule has 0 aliphatic heterocycles. The number of para-hydroxylation sites is 2. The fraction of sp³-hybridized carbons (Fsp3) is 0.250. The first-order chi connectivity index (χ1) is 9.65. The maximum absolute atomic E-state index is 13.8. The van der Waals surface area contributed by atoms with Crippen molar-refractivity contribution < 1.29 is 9.13 Å². The van der Waals surface area contributed by atoms with E-state index >= 15 is 0 Å². The van der Waals surface area contributed by atoms with Crippen LogP contribution < -0.4 is 15.4 Å². The third-order valence-corrected chi connectivity index (χ3v) is 3.08. The predicted molar refractivity (Wildman–Crippen MR) is 81.1 cm³/mol. The van der Waals surface area contributed by atoms with E-state index in [1.807, 2.05) is 25.1 Å². The number of hydrogen-bond donors (Lipinski definition) is 1. The third kappa shape index (κ3) is 2.85. The minimum Gasteiger partial charge on any atom is -0.491 e. The Morgan fingerprint density at radius 2 is 1.80 bits per heavy atom. The second-order valence-corrected chi connectivity index (χ2v) is 4.55. The van der Waals surface area contributed by atoms with Gasteiger partial charge >= 0.3 is 0 Å². The third-order valence-electron chi connectivity index (χ3n) is 3.08. The molecule has 0 heterocycles. The standard InChI is InChI=1S/C16H19FN2O/c1-3-11-20-15-10-6-9-14(16(15)18)19(2)13-8-5-4-7-12(13)17/h4-10H,3,11,18H2,1-2H3. The highest BCUT2D eigenvalue weighted by Crippen LogP contribution is 2.36. The summed E-state index contributed by atoms with van der Waals surface area (Å²) < 4.78 is 19.4. The zero-order chi connectivity index (χ0) is 14.5. The summed E-state index contributed by atoms with van der Waals surface area (Å²) in [5.41, 5.74) is 7.85. The molecular weight excluding hydrogens is 255 g/mol. The Hall–Kier alpha value is -2.23. The van der Waals surface area contributed by atoms with Crippen molar-refractivity contribution in [2.45, 2.75) is 13.3 Å². The first-order valence-corrected chi connectivity index (χ1v) is 6.64. The molecule has 2 aromatic carbocycles. The molecule has 0 unspecified atom stereocenters. The van der Waals surface area contributed by atoms with E-state index in [9.17, 15) is 4.39 Å². The van der Waals surface area contributed by atoms with Crippen LogP contribution in [0.3, 0.4) is 0 Å². The molecule has 0 bridgehead atoms. The van der Waals surface area contributed by atoms with Crippen LogP contribution in [0.15, 0.2) is 42.5 Å². The fourth-order valence-electron chi connectivity index (χ4n) is 2.02. The van der Waals surface area contributed by atoms with Gasteiger partial charge in [0.05, 0.1) is 23.7 Å². The Morgan fingerprint density at radius 1 is 1.10 bits per heavy atom.